The second-order valence-corrected chi connectivity index (χ2v) is 14.2. The van der Waals surface area contributed by atoms with E-state index in [1.54, 1.807) is 6.20 Å². The number of hydrogen-bond acceptors (Lipinski definition) is 6. The lowest BCUT2D eigenvalue weighted by molar-refractivity contribution is -0.117. The van der Waals surface area contributed by atoms with E-state index >= 15 is 0 Å². The molecule has 47 heavy (non-hydrogen) atoms. The van der Waals surface area contributed by atoms with Crippen molar-refractivity contribution in [3.05, 3.63) is 72.4 Å². The number of ether oxygens (including phenoxy) is 2. The third kappa shape index (κ3) is 9.11. The van der Waals surface area contributed by atoms with Gasteiger partial charge >= 0.3 is 12.2 Å². The molecule has 5 rings (SSSR count). The van der Waals surface area contributed by atoms with Gasteiger partial charge in [-0.1, -0.05) is 54.6 Å². The zero-order chi connectivity index (χ0) is 33.6. The first-order valence-electron chi connectivity index (χ1n) is 16.8. The molecule has 9 nitrogen and oxygen atoms in total. The van der Waals surface area contributed by atoms with Gasteiger partial charge in [0.05, 0.1) is 23.1 Å². The first-order chi connectivity index (χ1) is 22.4. The van der Waals surface area contributed by atoms with E-state index in [-0.39, 0.29) is 30.1 Å². The number of amides is 3. The van der Waals surface area contributed by atoms with E-state index in [4.69, 9.17) is 14.5 Å². The lowest BCUT2D eigenvalue weighted by atomic mass is 9.71. The monoisotopic (exact) mass is 640 g/mol. The number of pyridine rings is 1. The molecule has 250 valence electrons. The van der Waals surface area contributed by atoms with E-state index in [2.05, 4.69) is 28.1 Å². The minimum Gasteiger partial charge on any atom is -0.446 e. The molecule has 0 bridgehead atoms. The van der Waals surface area contributed by atoms with Crippen LogP contribution in [0.4, 0.5) is 15.3 Å². The second kappa shape index (κ2) is 14.6. The summed E-state index contributed by atoms with van der Waals surface area (Å²) in [5.74, 6) is 0.194. The minimum atomic E-state index is -0.563. The number of hydrogen-bond donors (Lipinski definition) is 3. The quantitative estimate of drug-likeness (QED) is 0.216. The molecule has 0 saturated heterocycles. The average molecular weight is 641 g/mol. The molecule has 1 aromatic heterocycles. The maximum atomic E-state index is 13.1. The zero-order valence-electron chi connectivity index (χ0n) is 28.2. The number of rotatable bonds is 9. The fourth-order valence-electron chi connectivity index (χ4n) is 6.41. The highest BCUT2D eigenvalue weighted by atomic mass is 16.6. The molecule has 0 radical (unpaired) electrons. The first-order valence-corrected chi connectivity index (χ1v) is 16.8. The molecule has 0 atom stereocenters. The molecule has 2 fully saturated rings. The highest BCUT2D eigenvalue weighted by Gasteiger charge is 2.41. The molecule has 1 heterocycles. The summed E-state index contributed by atoms with van der Waals surface area (Å²) >= 11 is 0. The van der Waals surface area contributed by atoms with Gasteiger partial charge in [0, 0.05) is 23.6 Å². The number of nitrogens with zero attached hydrogens (tertiary/aromatic N) is 1. The summed E-state index contributed by atoms with van der Waals surface area (Å²) in [7, 11) is 0. The Balaban J connectivity index is 1.26. The van der Waals surface area contributed by atoms with E-state index in [1.165, 1.54) is 0 Å². The molecule has 0 aliphatic heterocycles. The molecule has 3 amide bonds. The van der Waals surface area contributed by atoms with Crippen LogP contribution in [-0.4, -0.2) is 40.8 Å². The summed E-state index contributed by atoms with van der Waals surface area (Å²) in [6.45, 7) is 9.40. The van der Waals surface area contributed by atoms with Crippen LogP contribution in [0, 0.1) is 5.92 Å². The molecular weight excluding hydrogens is 592 g/mol. The van der Waals surface area contributed by atoms with E-state index in [1.807, 2.05) is 83.1 Å². The molecule has 2 saturated carbocycles. The Labute approximate surface area is 278 Å². The SMILES string of the molecule is CC(C)NC(=O)O[C@H]1CC[C@H](CC(=O)Nc2cnc(-c3ccc(C4(NC(=O)OC(C)(C)C)CCC4)cc3)c(-c3ccccc3)c2)CC1. The molecule has 2 aromatic carbocycles. The van der Waals surface area contributed by atoms with Crippen molar-refractivity contribution in [1.29, 1.82) is 0 Å². The van der Waals surface area contributed by atoms with Crippen molar-refractivity contribution in [1.82, 2.24) is 15.6 Å². The van der Waals surface area contributed by atoms with Crippen molar-refractivity contribution in [2.45, 2.75) is 109 Å². The highest BCUT2D eigenvalue weighted by Crippen LogP contribution is 2.42. The van der Waals surface area contributed by atoms with Crippen molar-refractivity contribution in [3.8, 4) is 22.4 Å². The molecular formula is C38H48N4O5. The van der Waals surface area contributed by atoms with Crippen LogP contribution in [0.15, 0.2) is 66.9 Å². The minimum absolute atomic E-state index is 0.0355. The Morgan fingerprint density at radius 3 is 2.19 bits per heavy atom. The summed E-state index contributed by atoms with van der Waals surface area (Å²) in [6.07, 6.45) is 7.19. The van der Waals surface area contributed by atoms with E-state index < -0.39 is 17.2 Å². The van der Waals surface area contributed by atoms with E-state index in [0.29, 0.717) is 12.1 Å². The maximum absolute atomic E-state index is 13.1. The Hall–Kier alpha value is -4.40. The summed E-state index contributed by atoms with van der Waals surface area (Å²) in [5.41, 5.74) is 4.36. The van der Waals surface area contributed by atoms with Gasteiger partial charge in [-0.2, -0.15) is 0 Å². The van der Waals surface area contributed by atoms with Gasteiger partial charge in [-0.05, 0) is 103 Å². The molecule has 2 aliphatic carbocycles. The Bertz CT molecular complexity index is 1540. The average Bonchev–Trinajstić information content (AvgIpc) is 2.99. The van der Waals surface area contributed by atoms with Crippen LogP contribution in [0.5, 0.6) is 0 Å². The lowest BCUT2D eigenvalue weighted by Gasteiger charge is -2.43. The molecule has 3 N–H and O–H groups in total. The van der Waals surface area contributed by atoms with Crippen LogP contribution in [0.3, 0.4) is 0 Å². The van der Waals surface area contributed by atoms with Crippen LogP contribution >= 0.6 is 0 Å². The summed E-state index contributed by atoms with van der Waals surface area (Å²) < 4.78 is 11.1. The topological polar surface area (TPSA) is 119 Å². The van der Waals surface area contributed by atoms with Gasteiger partial charge in [-0.25, -0.2) is 9.59 Å². The number of alkyl carbamates (subject to hydrolysis) is 2. The lowest BCUT2D eigenvalue weighted by Crippen LogP contribution is -2.52. The van der Waals surface area contributed by atoms with Gasteiger partial charge < -0.3 is 25.4 Å². The third-order valence-electron chi connectivity index (χ3n) is 8.86. The van der Waals surface area contributed by atoms with Crippen LogP contribution in [0.2, 0.25) is 0 Å². The van der Waals surface area contributed by atoms with Crippen molar-refractivity contribution in [2.24, 2.45) is 5.92 Å². The second-order valence-electron chi connectivity index (χ2n) is 14.2. The summed E-state index contributed by atoms with van der Waals surface area (Å²) in [6, 6.07) is 20.3. The predicted octanol–water partition coefficient (Wildman–Crippen LogP) is 8.34. The van der Waals surface area contributed by atoms with Crippen LogP contribution < -0.4 is 16.0 Å². The fourth-order valence-corrected chi connectivity index (χ4v) is 6.41. The normalized spacial score (nSPS) is 18.9. The molecule has 3 aromatic rings. The standard InChI is InChI=1S/C38H48N4O5/c1-25(2)40-35(44)46-31-18-12-26(13-19-31)22-33(43)41-30-23-32(27-10-7-6-8-11-27)34(39-24-30)28-14-16-29(17-15-28)38(20-9-21-38)42-36(45)47-37(3,4)5/h6-8,10-11,14-17,23-26,31H,9,12-13,18-22H2,1-5H3,(H,40,44)(H,41,43)(H,42,45)/t26-,31-. The van der Waals surface area contributed by atoms with Gasteiger partial charge in [0.2, 0.25) is 5.91 Å². The van der Waals surface area contributed by atoms with Gasteiger partial charge in [-0.3, -0.25) is 9.78 Å². The van der Waals surface area contributed by atoms with Gasteiger partial charge in [0.1, 0.15) is 11.7 Å². The van der Waals surface area contributed by atoms with Gasteiger partial charge in [0.15, 0.2) is 0 Å². The highest BCUT2D eigenvalue weighted by molar-refractivity contribution is 5.93. The van der Waals surface area contributed by atoms with Crippen molar-refractivity contribution < 1.29 is 23.9 Å². The van der Waals surface area contributed by atoms with Crippen LogP contribution in [-0.2, 0) is 19.8 Å². The summed E-state index contributed by atoms with van der Waals surface area (Å²) in [5, 5.41) is 8.97. The van der Waals surface area contributed by atoms with Crippen molar-refractivity contribution in [2.75, 3.05) is 5.32 Å². The third-order valence-corrected chi connectivity index (χ3v) is 8.86. The van der Waals surface area contributed by atoms with E-state index in [9.17, 15) is 14.4 Å². The van der Waals surface area contributed by atoms with E-state index in [0.717, 1.165) is 72.9 Å². The molecule has 0 unspecified atom stereocenters. The first kappa shape index (κ1) is 33.9. The van der Waals surface area contributed by atoms with Crippen molar-refractivity contribution >= 4 is 23.8 Å². The van der Waals surface area contributed by atoms with Gasteiger partial charge in [-0.15, -0.1) is 0 Å². The maximum Gasteiger partial charge on any atom is 0.408 e. The van der Waals surface area contributed by atoms with Crippen LogP contribution in [0.1, 0.15) is 91.5 Å². The smallest absolute Gasteiger partial charge is 0.408 e. The number of aromatic nitrogens is 1. The number of benzene rings is 2. The predicted molar refractivity (Wildman–Crippen MR) is 184 cm³/mol. The Morgan fingerprint density at radius 2 is 1.60 bits per heavy atom. The number of carbonyl (C=O) groups is 3. The molecule has 0 spiro atoms. The number of anilines is 1. The zero-order valence-corrected chi connectivity index (χ0v) is 28.2. The number of nitrogens with one attached hydrogen (secondary N) is 3. The summed E-state index contributed by atoms with van der Waals surface area (Å²) in [4.78, 5) is 42.5. The fraction of sp³-hybridized carbons (Fsp3) is 0.474. The van der Waals surface area contributed by atoms with Gasteiger partial charge in [0.25, 0.3) is 0 Å². The number of carbonyl (C=O) groups excluding carboxylic acids is 3. The largest absolute Gasteiger partial charge is 0.446 e. The molecule has 2 aliphatic rings. The van der Waals surface area contributed by atoms with Crippen molar-refractivity contribution in [3.63, 3.8) is 0 Å². The van der Waals surface area contributed by atoms with Crippen LogP contribution in [0.25, 0.3) is 22.4 Å². The Morgan fingerprint density at radius 1 is 0.915 bits per heavy atom. The Kier molecular flexibility index (Phi) is 10.5. The molecule has 9 heteroatoms.